The average Bonchev–Trinajstić information content (AvgIpc) is 2.81. The van der Waals surface area contributed by atoms with Gasteiger partial charge in [0.2, 0.25) is 0 Å². The van der Waals surface area contributed by atoms with Crippen molar-refractivity contribution >= 4 is 45.8 Å². The number of aryl methyl sites for hydroxylation is 1. The molecule has 1 aromatic carbocycles. The van der Waals surface area contributed by atoms with Crippen LogP contribution in [0.3, 0.4) is 0 Å². The van der Waals surface area contributed by atoms with Gasteiger partial charge in [-0.1, -0.05) is 17.7 Å². The number of nitrogens with zero attached hydrogens (tertiary/aromatic N) is 5. The fourth-order valence-corrected chi connectivity index (χ4v) is 3.62. The van der Waals surface area contributed by atoms with Crippen LogP contribution >= 0.6 is 11.6 Å². The highest BCUT2D eigenvalue weighted by Gasteiger charge is 2.23. The Hall–Kier alpha value is -4.38. The summed E-state index contributed by atoms with van der Waals surface area (Å²) in [5.41, 5.74) is -1.17. The molecule has 3 heterocycles. The van der Waals surface area contributed by atoms with E-state index in [4.69, 9.17) is 16.3 Å². The van der Waals surface area contributed by atoms with Crippen LogP contribution in [0.2, 0.25) is 5.02 Å². The third kappa shape index (κ3) is 3.92. The minimum absolute atomic E-state index is 0.0304. The summed E-state index contributed by atoms with van der Waals surface area (Å²) in [5, 5.41) is 11.6. The molecule has 11 nitrogen and oxygen atoms in total. The largest absolute Gasteiger partial charge is 0.462 e. The molecule has 3 aromatic heterocycles. The molecule has 4 aromatic rings. The number of carbonyl (C=O) groups excluding carboxylic acids is 2. The highest BCUT2D eigenvalue weighted by molar-refractivity contribution is 6.31. The number of esters is 1. The molecule has 0 aliphatic heterocycles. The maximum atomic E-state index is 13.1. The number of hydrogen-bond acceptors (Lipinski definition) is 7. The second-order valence-electron chi connectivity index (χ2n) is 7.08. The van der Waals surface area contributed by atoms with Gasteiger partial charge in [0.25, 0.3) is 17.2 Å². The molecule has 0 saturated carbocycles. The summed E-state index contributed by atoms with van der Waals surface area (Å²) < 4.78 is 7.70. The van der Waals surface area contributed by atoms with Crippen molar-refractivity contribution in [2.75, 3.05) is 6.61 Å². The number of benzene rings is 1. The van der Waals surface area contributed by atoms with E-state index in [9.17, 15) is 24.5 Å². The molecular formula is C22H16ClN5O6. The molecule has 0 bridgehead atoms. The van der Waals surface area contributed by atoms with Gasteiger partial charge in [0.15, 0.2) is 5.49 Å². The van der Waals surface area contributed by atoms with Gasteiger partial charge >= 0.3 is 5.97 Å². The maximum Gasteiger partial charge on any atom is 0.341 e. The van der Waals surface area contributed by atoms with Crippen LogP contribution < -0.4 is 11.0 Å². The standard InChI is InChI=1S/C22H16ClN5O6/c1-3-34-22(31)15-11-14-18(24-17-6-4-5-9-27(17)21(14)30)26(2)19(15)25-20(29)13-10-12(23)7-8-16(13)28(32)33/h4-11H,3H2,1-2H3. The second-order valence-corrected chi connectivity index (χ2v) is 7.52. The Bertz CT molecular complexity index is 1640. The van der Waals surface area contributed by atoms with Crippen LogP contribution in [0.25, 0.3) is 16.7 Å². The van der Waals surface area contributed by atoms with Crippen molar-refractivity contribution in [1.29, 1.82) is 0 Å². The maximum absolute atomic E-state index is 13.1. The Kier molecular flexibility index (Phi) is 5.95. The fraction of sp³-hybridized carbons (Fsp3) is 0.136. The summed E-state index contributed by atoms with van der Waals surface area (Å²) in [6.07, 6.45) is 1.54. The van der Waals surface area contributed by atoms with E-state index in [2.05, 4.69) is 9.98 Å². The first-order chi connectivity index (χ1) is 16.2. The third-order valence-corrected chi connectivity index (χ3v) is 5.24. The van der Waals surface area contributed by atoms with Gasteiger partial charge in [-0.05, 0) is 37.3 Å². The zero-order valence-corrected chi connectivity index (χ0v) is 18.6. The average molecular weight is 482 g/mol. The van der Waals surface area contributed by atoms with Gasteiger partial charge in [0.05, 0.1) is 16.9 Å². The topological polar surface area (TPSA) is 138 Å². The first-order valence-electron chi connectivity index (χ1n) is 9.94. The Morgan fingerprint density at radius 3 is 2.68 bits per heavy atom. The van der Waals surface area contributed by atoms with Gasteiger partial charge in [-0.15, -0.1) is 0 Å². The number of carbonyl (C=O) groups is 2. The highest BCUT2D eigenvalue weighted by atomic mass is 35.5. The van der Waals surface area contributed by atoms with E-state index >= 15 is 0 Å². The van der Waals surface area contributed by atoms with Gasteiger partial charge in [0, 0.05) is 24.3 Å². The predicted octanol–water partition coefficient (Wildman–Crippen LogP) is 2.67. The Balaban J connectivity index is 2.08. The molecule has 34 heavy (non-hydrogen) atoms. The van der Waals surface area contributed by atoms with Gasteiger partial charge < -0.3 is 9.30 Å². The molecule has 1 amide bonds. The SMILES string of the molecule is CCOC(=O)c1cc2c(=O)n3ccccc3nc2n(C)c1=NC(=O)c1cc(Cl)ccc1[N+](=O)[O-]. The number of hydrogen-bond donors (Lipinski definition) is 0. The summed E-state index contributed by atoms with van der Waals surface area (Å²) in [4.78, 5) is 57.9. The Morgan fingerprint density at radius 1 is 1.21 bits per heavy atom. The van der Waals surface area contributed by atoms with Gasteiger partial charge in [-0.25, -0.2) is 9.78 Å². The lowest BCUT2D eigenvalue weighted by Gasteiger charge is -2.11. The van der Waals surface area contributed by atoms with E-state index in [-0.39, 0.29) is 39.3 Å². The number of pyridine rings is 2. The molecule has 0 fully saturated rings. The predicted molar refractivity (Wildman–Crippen MR) is 122 cm³/mol. The van der Waals surface area contributed by atoms with Crippen LogP contribution in [-0.4, -0.2) is 37.4 Å². The van der Waals surface area contributed by atoms with Crippen molar-refractivity contribution in [2.45, 2.75) is 6.92 Å². The summed E-state index contributed by atoms with van der Waals surface area (Å²) in [6, 6.07) is 9.72. The van der Waals surface area contributed by atoms with E-state index in [0.29, 0.717) is 5.65 Å². The second kappa shape index (κ2) is 8.87. The lowest BCUT2D eigenvalue weighted by atomic mass is 10.1. The molecule has 0 aliphatic rings. The van der Waals surface area contributed by atoms with Gasteiger partial charge in [-0.2, -0.15) is 4.99 Å². The fourth-order valence-electron chi connectivity index (χ4n) is 3.45. The van der Waals surface area contributed by atoms with Crippen molar-refractivity contribution < 1.29 is 19.2 Å². The van der Waals surface area contributed by atoms with Crippen LogP contribution in [0.1, 0.15) is 27.6 Å². The van der Waals surface area contributed by atoms with Crippen molar-refractivity contribution in [3.05, 3.63) is 90.8 Å². The summed E-state index contributed by atoms with van der Waals surface area (Å²) in [7, 11) is 1.47. The van der Waals surface area contributed by atoms with E-state index < -0.39 is 28.0 Å². The van der Waals surface area contributed by atoms with E-state index in [1.807, 2.05) is 0 Å². The molecule has 172 valence electrons. The molecule has 0 spiro atoms. The molecule has 0 unspecified atom stereocenters. The smallest absolute Gasteiger partial charge is 0.341 e. The molecule has 0 atom stereocenters. The summed E-state index contributed by atoms with van der Waals surface area (Å²) in [6.45, 7) is 1.63. The van der Waals surface area contributed by atoms with Crippen LogP contribution in [0.5, 0.6) is 0 Å². The molecule has 12 heteroatoms. The van der Waals surface area contributed by atoms with Crippen LogP contribution in [0, 0.1) is 10.1 Å². The quantitative estimate of drug-likeness (QED) is 0.189. The zero-order valence-electron chi connectivity index (χ0n) is 17.9. The number of nitro benzene ring substituents is 1. The number of rotatable bonds is 4. The summed E-state index contributed by atoms with van der Waals surface area (Å²) >= 11 is 5.93. The number of ether oxygens (including phenoxy) is 1. The van der Waals surface area contributed by atoms with E-state index in [0.717, 1.165) is 12.1 Å². The third-order valence-electron chi connectivity index (χ3n) is 5.00. The molecule has 0 N–H and O–H groups in total. The Labute approximate surface area is 195 Å². The van der Waals surface area contributed by atoms with Crippen molar-refractivity contribution in [3.63, 3.8) is 0 Å². The molecular weight excluding hydrogens is 466 g/mol. The summed E-state index contributed by atoms with van der Waals surface area (Å²) in [5.74, 6) is -1.84. The molecule has 0 aliphatic carbocycles. The van der Waals surface area contributed by atoms with Crippen LogP contribution in [-0.2, 0) is 11.8 Å². The van der Waals surface area contributed by atoms with Crippen LogP contribution in [0.15, 0.2) is 58.4 Å². The van der Waals surface area contributed by atoms with Crippen LogP contribution in [0.4, 0.5) is 5.69 Å². The zero-order chi connectivity index (χ0) is 24.6. The number of amides is 1. The number of nitro groups is 1. The van der Waals surface area contributed by atoms with Gasteiger partial charge in [0.1, 0.15) is 22.4 Å². The monoisotopic (exact) mass is 481 g/mol. The van der Waals surface area contributed by atoms with Gasteiger partial charge in [-0.3, -0.25) is 24.1 Å². The lowest BCUT2D eigenvalue weighted by molar-refractivity contribution is -0.385. The number of halogens is 1. The Morgan fingerprint density at radius 2 is 1.97 bits per heavy atom. The van der Waals surface area contributed by atoms with Crippen molar-refractivity contribution in [1.82, 2.24) is 14.0 Å². The molecule has 4 rings (SSSR count). The van der Waals surface area contributed by atoms with E-state index in [1.54, 1.807) is 25.1 Å². The first kappa shape index (κ1) is 22.8. The normalized spacial score (nSPS) is 11.7. The number of aromatic nitrogens is 3. The van der Waals surface area contributed by atoms with Crippen molar-refractivity contribution in [3.8, 4) is 0 Å². The first-order valence-corrected chi connectivity index (χ1v) is 10.3. The minimum Gasteiger partial charge on any atom is -0.462 e. The van der Waals surface area contributed by atoms with E-state index in [1.165, 1.54) is 34.3 Å². The minimum atomic E-state index is -1.01. The highest BCUT2D eigenvalue weighted by Crippen LogP contribution is 2.23. The molecule has 0 saturated heterocycles. The number of fused-ring (bicyclic) bond motifs is 2. The lowest BCUT2D eigenvalue weighted by Crippen LogP contribution is -2.31. The molecule has 0 radical (unpaired) electrons. The van der Waals surface area contributed by atoms with Crippen molar-refractivity contribution in [2.24, 2.45) is 12.0 Å².